The van der Waals surface area contributed by atoms with Gasteiger partial charge in [0.25, 0.3) is 5.91 Å². The number of halogens is 1. The summed E-state index contributed by atoms with van der Waals surface area (Å²) in [5.74, 6) is -0.156. The van der Waals surface area contributed by atoms with Gasteiger partial charge >= 0.3 is 0 Å². The molecule has 30 heavy (non-hydrogen) atoms. The SMILES string of the molecule is Cc1cc(C)c2c(N)c(C(=O)NCCc3ccc(N4CCNCC4)c(Cl)c3)sc2n1. The average molecular weight is 444 g/mol. The number of pyridine rings is 1. The van der Waals surface area contributed by atoms with Crippen LogP contribution in [0, 0.1) is 13.8 Å². The first-order valence-electron chi connectivity index (χ1n) is 10.1. The number of nitrogens with one attached hydrogen (secondary N) is 2. The second kappa shape index (κ2) is 8.79. The van der Waals surface area contributed by atoms with E-state index in [0.29, 0.717) is 23.5 Å². The van der Waals surface area contributed by atoms with Crippen molar-refractivity contribution in [1.82, 2.24) is 15.6 Å². The molecule has 2 aromatic heterocycles. The lowest BCUT2D eigenvalue weighted by molar-refractivity contribution is 0.0959. The number of thiophene rings is 1. The van der Waals surface area contributed by atoms with Crippen molar-refractivity contribution in [2.75, 3.05) is 43.4 Å². The fourth-order valence-corrected chi connectivity index (χ4v) is 5.36. The van der Waals surface area contributed by atoms with E-state index in [9.17, 15) is 4.79 Å². The van der Waals surface area contributed by atoms with Gasteiger partial charge in [-0.05, 0) is 49.6 Å². The van der Waals surface area contributed by atoms with Crippen molar-refractivity contribution in [3.8, 4) is 0 Å². The van der Waals surface area contributed by atoms with E-state index in [1.807, 2.05) is 26.0 Å². The van der Waals surface area contributed by atoms with Crippen LogP contribution in [0.15, 0.2) is 24.3 Å². The zero-order valence-electron chi connectivity index (χ0n) is 17.2. The van der Waals surface area contributed by atoms with Crippen LogP contribution < -0.4 is 21.3 Å². The van der Waals surface area contributed by atoms with Gasteiger partial charge in [0.05, 0.1) is 16.4 Å². The number of nitrogens with two attached hydrogens (primary N) is 1. The van der Waals surface area contributed by atoms with Crippen molar-refractivity contribution < 1.29 is 4.79 Å². The lowest BCUT2D eigenvalue weighted by Gasteiger charge is -2.30. The topological polar surface area (TPSA) is 83.3 Å². The smallest absolute Gasteiger partial charge is 0.263 e. The molecular weight excluding hydrogens is 418 g/mol. The highest BCUT2D eigenvalue weighted by molar-refractivity contribution is 7.21. The van der Waals surface area contributed by atoms with Crippen molar-refractivity contribution in [1.29, 1.82) is 0 Å². The number of nitrogen functional groups attached to an aromatic ring is 1. The number of carbonyl (C=O) groups is 1. The first-order chi connectivity index (χ1) is 14.4. The van der Waals surface area contributed by atoms with Crippen LogP contribution in [-0.4, -0.2) is 43.6 Å². The van der Waals surface area contributed by atoms with Crippen LogP contribution in [0.1, 0.15) is 26.5 Å². The molecule has 4 rings (SSSR count). The first kappa shape index (κ1) is 20.9. The normalized spacial score (nSPS) is 14.3. The summed E-state index contributed by atoms with van der Waals surface area (Å²) in [6.45, 7) is 8.32. The van der Waals surface area contributed by atoms with Gasteiger partial charge in [0.2, 0.25) is 0 Å². The minimum absolute atomic E-state index is 0.156. The number of benzene rings is 1. The highest BCUT2D eigenvalue weighted by Gasteiger charge is 2.19. The lowest BCUT2D eigenvalue weighted by Crippen LogP contribution is -2.43. The number of nitrogens with zero attached hydrogens (tertiary/aromatic N) is 2. The third-order valence-corrected chi connectivity index (χ3v) is 6.80. The van der Waals surface area contributed by atoms with E-state index < -0.39 is 0 Å². The van der Waals surface area contributed by atoms with E-state index in [4.69, 9.17) is 17.3 Å². The fourth-order valence-electron chi connectivity index (χ4n) is 3.91. The summed E-state index contributed by atoms with van der Waals surface area (Å²) in [7, 11) is 0. The Morgan fingerprint density at radius 1 is 1.30 bits per heavy atom. The molecule has 4 N–H and O–H groups in total. The molecule has 1 aliphatic rings. The summed E-state index contributed by atoms with van der Waals surface area (Å²) in [6.07, 6.45) is 0.703. The quantitative estimate of drug-likeness (QED) is 0.561. The van der Waals surface area contributed by atoms with Crippen LogP contribution in [0.4, 0.5) is 11.4 Å². The van der Waals surface area contributed by atoms with Gasteiger partial charge in [0, 0.05) is 43.8 Å². The van der Waals surface area contributed by atoms with Gasteiger partial charge < -0.3 is 21.3 Å². The first-order valence-corrected chi connectivity index (χ1v) is 11.3. The van der Waals surface area contributed by atoms with E-state index in [0.717, 1.165) is 63.9 Å². The molecule has 1 saturated heterocycles. The van der Waals surface area contributed by atoms with Gasteiger partial charge in [0.15, 0.2) is 0 Å². The van der Waals surface area contributed by atoms with Gasteiger partial charge in [-0.15, -0.1) is 11.3 Å². The molecule has 0 saturated carbocycles. The minimum Gasteiger partial charge on any atom is -0.397 e. The minimum atomic E-state index is -0.156. The monoisotopic (exact) mass is 443 g/mol. The molecule has 6 nitrogen and oxygen atoms in total. The van der Waals surface area contributed by atoms with Crippen molar-refractivity contribution in [2.24, 2.45) is 0 Å². The van der Waals surface area contributed by atoms with Crippen molar-refractivity contribution in [3.63, 3.8) is 0 Å². The van der Waals surface area contributed by atoms with Gasteiger partial charge in [-0.25, -0.2) is 4.98 Å². The molecule has 3 aromatic rings. The van der Waals surface area contributed by atoms with Crippen LogP contribution in [0.2, 0.25) is 5.02 Å². The van der Waals surface area contributed by atoms with E-state index in [-0.39, 0.29) is 5.91 Å². The second-order valence-electron chi connectivity index (χ2n) is 7.63. The second-order valence-corrected chi connectivity index (χ2v) is 9.04. The molecule has 3 heterocycles. The maximum atomic E-state index is 12.7. The van der Waals surface area contributed by atoms with Crippen molar-refractivity contribution in [2.45, 2.75) is 20.3 Å². The molecule has 1 aromatic carbocycles. The number of piperazine rings is 1. The summed E-state index contributed by atoms with van der Waals surface area (Å²) >= 11 is 7.87. The molecular formula is C22H26ClN5OS. The van der Waals surface area contributed by atoms with Crippen molar-refractivity contribution >= 4 is 50.4 Å². The number of aryl methyl sites for hydroxylation is 2. The molecule has 0 radical (unpaired) electrons. The van der Waals surface area contributed by atoms with E-state index in [2.05, 4.69) is 32.7 Å². The average Bonchev–Trinajstić information content (AvgIpc) is 3.05. The Morgan fingerprint density at radius 3 is 2.80 bits per heavy atom. The Bertz CT molecular complexity index is 1090. The molecule has 0 atom stereocenters. The molecule has 8 heteroatoms. The predicted octanol–water partition coefficient (Wildman–Crippen LogP) is 3.53. The Labute approximate surface area is 185 Å². The molecule has 0 unspecified atom stereocenters. The third kappa shape index (κ3) is 4.24. The zero-order valence-corrected chi connectivity index (χ0v) is 18.8. The number of fused-ring (bicyclic) bond motifs is 1. The summed E-state index contributed by atoms with van der Waals surface area (Å²) in [5, 5.41) is 7.97. The molecule has 0 aliphatic carbocycles. The number of aromatic nitrogens is 1. The summed E-state index contributed by atoms with van der Waals surface area (Å²) in [6, 6.07) is 8.14. The van der Waals surface area contributed by atoms with Crippen LogP contribution in [-0.2, 0) is 6.42 Å². The van der Waals surface area contributed by atoms with Crippen LogP contribution in [0.5, 0.6) is 0 Å². The van der Waals surface area contributed by atoms with Gasteiger partial charge in [-0.1, -0.05) is 17.7 Å². The molecule has 158 valence electrons. The van der Waals surface area contributed by atoms with E-state index in [1.54, 1.807) is 0 Å². The molecule has 1 aliphatic heterocycles. The summed E-state index contributed by atoms with van der Waals surface area (Å²) in [4.78, 5) is 20.9. The largest absolute Gasteiger partial charge is 0.397 e. The van der Waals surface area contributed by atoms with Crippen LogP contribution in [0.3, 0.4) is 0 Å². The summed E-state index contributed by atoms with van der Waals surface area (Å²) in [5.41, 5.74) is 10.9. The van der Waals surface area contributed by atoms with Gasteiger partial charge in [-0.3, -0.25) is 4.79 Å². The predicted molar refractivity (Wildman–Crippen MR) is 126 cm³/mol. The molecule has 0 bridgehead atoms. The summed E-state index contributed by atoms with van der Waals surface area (Å²) < 4.78 is 0. The molecule has 1 fully saturated rings. The van der Waals surface area contributed by atoms with E-state index >= 15 is 0 Å². The van der Waals surface area contributed by atoms with Crippen molar-refractivity contribution in [3.05, 3.63) is 51.0 Å². The van der Waals surface area contributed by atoms with Crippen LogP contribution >= 0.6 is 22.9 Å². The Balaban J connectivity index is 1.40. The Hall–Kier alpha value is -2.35. The molecule has 1 amide bonds. The maximum absolute atomic E-state index is 12.7. The maximum Gasteiger partial charge on any atom is 0.263 e. The fraction of sp³-hybridized carbons (Fsp3) is 0.364. The molecule has 0 spiro atoms. The third-order valence-electron chi connectivity index (χ3n) is 5.40. The highest BCUT2D eigenvalue weighted by Crippen LogP contribution is 2.35. The number of hydrogen-bond donors (Lipinski definition) is 3. The van der Waals surface area contributed by atoms with Gasteiger partial charge in [0.1, 0.15) is 9.71 Å². The number of amides is 1. The van der Waals surface area contributed by atoms with Gasteiger partial charge in [-0.2, -0.15) is 0 Å². The zero-order chi connectivity index (χ0) is 21.3. The van der Waals surface area contributed by atoms with Crippen LogP contribution in [0.25, 0.3) is 10.2 Å². The Morgan fingerprint density at radius 2 is 2.07 bits per heavy atom. The number of rotatable bonds is 5. The number of anilines is 2. The highest BCUT2D eigenvalue weighted by atomic mass is 35.5. The standard InChI is InChI=1S/C22H26ClN5OS/c1-13-11-14(2)27-22-18(13)19(24)20(30-22)21(29)26-6-5-15-3-4-17(16(23)12-15)28-9-7-25-8-10-28/h3-4,11-12,25H,5-10,24H2,1-2H3,(H,26,29). The van der Waals surface area contributed by atoms with E-state index in [1.165, 1.54) is 11.3 Å². The Kier molecular flexibility index (Phi) is 6.13. The number of hydrogen-bond acceptors (Lipinski definition) is 6. The lowest BCUT2D eigenvalue weighted by atomic mass is 10.1. The number of carbonyl (C=O) groups excluding carboxylic acids is 1.